The smallest absolute Gasteiger partial charge is 0.409 e. The highest BCUT2D eigenvalue weighted by molar-refractivity contribution is 5.80. The Balaban J connectivity index is 0.000000244. The lowest BCUT2D eigenvalue weighted by molar-refractivity contribution is 0.0934. The van der Waals surface area contributed by atoms with E-state index in [9.17, 15) is 9.18 Å². The first kappa shape index (κ1) is 25.0. The van der Waals surface area contributed by atoms with Crippen LogP contribution in [0.2, 0.25) is 0 Å². The van der Waals surface area contributed by atoms with Crippen LogP contribution in [-0.4, -0.2) is 45.9 Å². The Hall–Kier alpha value is -3.26. The van der Waals surface area contributed by atoms with Crippen molar-refractivity contribution in [2.24, 2.45) is 5.92 Å². The lowest BCUT2D eigenvalue weighted by Crippen LogP contribution is -2.38. The second-order valence-corrected chi connectivity index (χ2v) is 7.72. The summed E-state index contributed by atoms with van der Waals surface area (Å²) in [5, 5.41) is 7.05. The number of carbonyl (C=O) groups excluding carboxylic acids is 1. The highest BCUT2D eigenvalue weighted by Gasteiger charge is 2.20. The van der Waals surface area contributed by atoms with Gasteiger partial charge < -0.3 is 15.8 Å². The number of ether oxygens (including phenoxy) is 1. The molecule has 2 aromatic heterocycles. The number of nitrogens with one attached hydrogen (secondary N) is 1. The number of benzene rings is 1. The Morgan fingerprint density at radius 1 is 1.19 bits per heavy atom. The van der Waals surface area contributed by atoms with E-state index >= 15 is 0 Å². The van der Waals surface area contributed by atoms with Gasteiger partial charge in [-0.3, -0.25) is 10.1 Å². The molecule has 3 aromatic rings. The minimum Gasteiger partial charge on any atom is -0.450 e. The number of halogens is 1. The zero-order valence-corrected chi connectivity index (χ0v) is 19.0. The number of aromatic nitrogens is 3. The summed E-state index contributed by atoms with van der Waals surface area (Å²) in [5.41, 5.74) is 4.76. The monoisotopic (exact) mass is 441 g/mol. The molecule has 0 unspecified atom stereocenters. The minimum atomic E-state index is -0.246. The van der Waals surface area contributed by atoms with Crippen molar-refractivity contribution >= 4 is 6.09 Å². The zero-order valence-electron chi connectivity index (χ0n) is 19.0. The van der Waals surface area contributed by atoms with Crippen molar-refractivity contribution in [1.82, 2.24) is 26.2 Å². The predicted octanol–water partition coefficient (Wildman–Crippen LogP) is 5.62. The largest absolute Gasteiger partial charge is 0.450 e. The summed E-state index contributed by atoms with van der Waals surface area (Å²) in [5.74, 6) is 0.514. The maximum Gasteiger partial charge on any atom is 0.409 e. The molecule has 4 N–H and O–H groups in total. The van der Waals surface area contributed by atoms with Crippen LogP contribution in [-0.2, 0) is 4.74 Å². The Bertz CT molecular complexity index is 982. The molecule has 1 aliphatic rings. The number of carbonyl (C=O) groups is 1. The van der Waals surface area contributed by atoms with Crippen LogP contribution >= 0.6 is 0 Å². The van der Waals surface area contributed by atoms with E-state index in [0.717, 1.165) is 59.9 Å². The van der Waals surface area contributed by atoms with E-state index in [1.807, 2.05) is 26.0 Å². The molecule has 32 heavy (non-hydrogen) atoms. The SMILES string of the molecule is CCOC(=O)N1CCC(C)CC1.Cc1cc(-c2cn[nH]c2-c2ccc(F)cc2)ccn1.N. The molecule has 4 rings (SSSR count). The van der Waals surface area contributed by atoms with Crippen molar-refractivity contribution in [2.45, 2.75) is 33.6 Å². The van der Waals surface area contributed by atoms with Crippen LogP contribution in [0, 0.1) is 18.7 Å². The Morgan fingerprint density at radius 3 is 2.50 bits per heavy atom. The van der Waals surface area contributed by atoms with Gasteiger partial charge in [-0.1, -0.05) is 6.92 Å². The van der Waals surface area contributed by atoms with Gasteiger partial charge in [-0.05, 0) is 74.6 Å². The van der Waals surface area contributed by atoms with Crippen LogP contribution in [0.1, 0.15) is 32.4 Å². The maximum atomic E-state index is 13.0. The summed E-state index contributed by atoms with van der Waals surface area (Å²) in [4.78, 5) is 17.2. The van der Waals surface area contributed by atoms with Crippen molar-refractivity contribution in [3.63, 3.8) is 0 Å². The normalized spacial score (nSPS) is 13.6. The third-order valence-electron chi connectivity index (χ3n) is 5.29. The van der Waals surface area contributed by atoms with Crippen molar-refractivity contribution < 1.29 is 13.9 Å². The Morgan fingerprint density at radius 2 is 1.88 bits per heavy atom. The van der Waals surface area contributed by atoms with Gasteiger partial charge in [0.15, 0.2) is 0 Å². The molecule has 0 atom stereocenters. The second kappa shape index (κ2) is 12.0. The molecule has 7 nitrogen and oxygen atoms in total. The van der Waals surface area contributed by atoms with Gasteiger partial charge in [0.1, 0.15) is 5.82 Å². The summed E-state index contributed by atoms with van der Waals surface area (Å²) in [6.45, 7) is 8.21. The molecule has 1 aromatic carbocycles. The quantitative estimate of drug-likeness (QED) is 0.548. The van der Waals surface area contributed by atoms with Gasteiger partial charge in [-0.25, -0.2) is 9.18 Å². The number of likely N-dealkylation sites (tertiary alicyclic amines) is 1. The number of aryl methyl sites for hydroxylation is 1. The van der Waals surface area contributed by atoms with Gasteiger partial charge >= 0.3 is 6.09 Å². The number of amides is 1. The molecule has 0 radical (unpaired) electrons. The first-order valence-electron chi connectivity index (χ1n) is 10.6. The van der Waals surface area contributed by atoms with Crippen molar-refractivity contribution in [3.05, 3.63) is 60.3 Å². The highest BCUT2D eigenvalue weighted by Crippen LogP contribution is 2.30. The van der Waals surface area contributed by atoms with Crippen LogP contribution < -0.4 is 6.15 Å². The maximum absolute atomic E-state index is 13.0. The standard InChI is InChI=1S/C15H12FN3.C9H17NO2.H3N/c1-10-8-12(6-7-17-10)14-9-18-19-15(14)11-2-4-13(16)5-3-11;1-3-12-9(11)10-6-4-8(2)5-7-10;/h2-9H,1H3,(H,18,19);8H,3-7H2,1-2H3;1H3. The highest BCUT2D eigenvalue weighted by atomic mass is 19.1. The molecular formula is C24H32FN5O2. The summed E-state index contributed by atoms with van der Waals surface area (Å²) in [6.07, 6.45) is 5.61. The first-order chi connectivity index (χ1) is 15.0. The third kappa shape index (κ3) is 6.62. The average Bonchev–Trinajstić information content (AvgIpc) is 3.25. The number of rotatable bonds is 3. The van der Waals surface area contributed by atoms with E-state index in [0.29, 0.717) is 6.61 Å². The van der Waals surface area contributed by atoms with Gasteiger partial charge in [0.25, 0.3) is 0 Å². The van der Waals surface area contributed by atoms with Gasteiger partial charge in [0.2, 0.25) is 0 Å². The van der Waals surface area contributed by atoms with Crippen molar-refractivity contribution in [3.8, 4) is 22.4 Å². The van der Waals surface area contributed by atoms with E-state index in [4.69, 9.17) is 4.74 Å². The molecule has 1 saturated heterocycles. The fraction of sp³-hybridized carbons (Fsp3) is 0.375. The number of H-pyrrole nitrogens is 1. The summed E-state index contributed by atoms with van der Waals surface area (Å²) in [7, 11) is 0. The third-order valence-corrected chi connectivity index (χ3v) is 5.29. The Labute approximate surface area is 188 Å². The number of hydrogen-bond acceptors (Lipinski definition) is 5. The van der Waals surface area contributed by atoms with E-state index in [-0.39, 0.29) is 18.1 Å². The van der Waals surface area contributed by atoms with Crippen LogP contribution in [0.15, 0.2) is 48.8 Å². The minimum absolute atomic E-state index is 0. The fourth-order valence-corrected chi connectivity index (χ4v) is 3.46. The summed E-state index contributed by atoms with van der Waals surface area (Å²) in [6, 6.07) is 10.3. The number of nitrogens with zero attached hydrogens (tertiary/aromatic N) is 3. The van der Waals surface area contributed by atoms with Crippen LogP contribution in [0.5, 0.6) is 0 Å². The second-order valence-electron chi connectivity index (χ2n) is 7.72. The molecule has 0 bridgehead atoms. The molecule has 3 heterocycles. The molecule has 172 valence electrons. The molecule has 0 saturated carbocycles. The molecule has 1 aliphatic heterocycles. The van der Waals surface area contributed by atoms with Crippen LogP contribution in [0.4, 0.5) is 9.18 Å². The molecular weight excluding hydrogens is 409 g/mol. The van der Waals surface area contributed by atoms with Crippen molar-refractivity contribution in [1.29, 1.82) is 0 Å². The van der Waals surface area contributed by atoms with Gasteiger partial charge in [-0.2, -0.15) is 5.10 Å². The topological polar surface area (TPSA) is 106 Å². The molecule has 1 amide bonds. The van der Waals surface area contributed by atoms with Gasteiger partial charge in [0.05, 0.1) is 18.5 Å². The number of pyridine rings is 1. The fourth-order valence-electron chi connectivity index (χ4n) is 3.46. The molecule has 0 spiro atoms. The molecule has 0 aliphatic carbocycles. The summed E-state index contributed by atoms with van der Waals surface area (Å²) < 4.78 is 17.9. The van der Waals surface area contributed by atoms with E-state index in [1.54, 1.807) is 29.4 Å². The predicted molar refractivity (Wildman–Crippen MR) is 124 cm³/mol. The van der Waals surface area contributed by atoms with Gasteiger partial charge in [-0.15, -0.1) is 0 Å². The number of piperidine rings is 1. The number of hydrogen-bond donors (Lipinski definition) is 2. The van der Waals surface area contributed by atoms with Crippen molar-refractivity contribution in [2.75, 3.05) is 19.7 Å². The Kier molecular flexibility index (Phi) is 9.34. The van der Waals surface area contributed by atoms with E-state index in [1.165, 1.54) is 12.1 Å². The lowest BCUT2D eigenvalue weighted by atomic mass is 10.00. The van der Waals surface area contributed by atoms with E-state index in [2.05, 4.69) is 22.1 Å². The zero-order chi connectivity index (χ0) is 22.2. The van der Waals surface area contributed by atoms with Crippen LogP contribution in [0.3, 0.4) is 0 Å². The van der Waals surface area contributed by atoms with E-state index < -0.39 is 0 Å². The average molecular weight is 442 g/mol. The van der Waals surface area contributed by atoms with Gasteiger partial charge in [0, 0.05) is 36.1 Å². The lowest BCUT2D eigenvalue weighted by Gasteiger charge is -2.29. The summed E-state index contributed by atoms with van der Waals surface area (Å²) >= 11 is 0. The first-order valence-corrected chi connectivity index (χ1v) is 10.6. The molecule has 8 heteroatoms. The molecule has 1 fully saturated rings. The number of aromatic amines is 1. The van der Waals surface area contributed by atoms with Crippen LogP contribution in [0.25, 0.3) is 22.4 Å².